The zero-order chi connectivity index (χ0) is 49.4. The van der Waals surface area contributed by atoms with Crippen LogP contribution in [-0.2, 0) is 43.7 Å². The van der Waals surface area contributed by atoms with Gasteiger partial charge in [-0.05, 0) is 74.2 Å². The smallest absolute Gasteiger partial charge is 0.333 e. The first-order valence-electron chi connectivity index (χ1n) is 24.6. The number of hydrogen-bond acceptors (Lipinski definition) is 2. The summed E-state index contributed by atoms with van der Waals surface area (Å²) in [6.07, 6.45) is -1.47. The molecule has 5 heteroatoms. The van der Waals surface area contributed by atoms with Crippen LogP contribution in [0.1, 0.15) is 108 Å². The summed E-state index contributed by atoms with van der Waals surface area (Å²) in [7, 11) is -1.70. The second-order valence-electron chi connectivity index (χ2n) is 23.3. The SMILES string of the molecule is [2H]C([2H])(c1ccc(-c2cc[c-]c(-c3cc(C(C)(C)C)cc(-c4cccc5c4nc(-c4[c-]c(C(C)(C)C)cc(C(C)(C)C)c4)n5-c4ccc([Si](C)(C)C)cc4-c4ccccc4)n3)c2)cc1)C(C)(C)C.[Pt+2]. The van der Waals surface area contributed by atoms with Gasteiger partial charge in [0, 0.05) is 19.6 Å². The van der Waals surface area contributed by atoms with Crippen molar-refractivity contribution in [3.63, 3.8) is 0 Å². The Morgan fingerprint density at radius 1 is 0.567 bits per heavy atom. The Morgan fingerprint density at radius 2 is 1.22 bits per heavy atom. The Balaban J connectivity index is 0.00000703. The number of fused-ring (bicyclic) bond motifs is 1. The maximum Gasteiger partial charge on any atom is 2.00 e. The molecule has 8 rings (SSSR count). The minimum Gasteiger partial charge on any atom is -0.333 e. The van der Waals surface area contributed by atoms with Crippen molar-refractivity contribution in [1.82, 2.24) is 14.5 Å². The molecule has 6 aromatic carbocycles. The molecule has 0 aliphatic rings. The van der Waals surface area contributed by atoms with Gasteiger partial charge in [0.25, 0.3) is 0 Å². The van der Waals surface area contributed by atoms with Crippen LogP contribution in [0.4, 0.5) is 0 Å². The van der Waals surface area contributed by atoms with E-state index >= 15 is 0 Å². The molecule has 2 heterocycles. The maximum atomic E-state index is 8.83. The van der Waals surface area contributed by atoms with Gasteiger partial charge in [-0.3, -0.25) is 9.97 Å². The van der Waals surface area contributed by atoms with Crippen LogP contribution in [0.2, 0.25) is 19.6 Å². The zero-order valence-electron chi connectivity index (χ0n) is 44.4. The summed E-state index contributed by atoms with van der Waals surface area (Å²) in [5, 5.41) is 1.40. The molecule has 0 spiro atoms. The van der Waals surface area contributed by atoms with Gasteiger partial charge < -0.3 is 4.57 Å². The fourth-order valence-electron chi connectivity index (χ4n) is 8.52. The summed E-state index contributed by atoms with van der Waals surface area (Å²) in [4.78, 5) is 11.2. The van der Waals surface area contributed by atoms with E-state index in [0.717, 1.165) is 72.9 Å². The Hall–Kier alpha value is -5.15. The van der Waals surface area contributed by atoms with E-state index in [2.05, 4.69) is 202 Å². The fourth-order valence-corrected chi connectivity index (χ4v) is 9.68. The molecule has 0 fully saturated rings. The van der Waals surface area contributed by atoms with Gasteiger partial charge in [-0.15, -0.1) is 70.3 Å². The predicted molar refractivity (Wildman–Crippen MR) is 286 cm³/mol. The molecule has 3 nitrogen and oxygen atoms in total. The van der Waals surface area contributed by atoms with Gasteiger partial charge >= 0.3 is 21.1 Å². The van der Waals surface area contributed by atoms with Crippen molar-refractivity contribution in [1.29, 1.82) is 0 Å². The number of aromatic nitrogens is 3. The van der Waals surface area contributed by atoms with Gasteiger partial charge in [0.05, 0.1) is 30.6 Å². The van der Waals surface area contributed by atoms with Gasteiger partial charge in [0.15, 0.2) is 0 Å². The summed E-state index contributed by atoms with van der Waals surface area (Å²) in [5.41, 5.74) is 15.1. The number of hydrogen-bond donors (Lipinski definition) is 0. The standard InChI is InChI=1S/C62H69N3Si.Pt/c1-59(2,3)40-41-27-29-42(30-28-41)44-23-19-24-45(33-44)53-37-49(62(10,11)12)38-54(63-53)51-25-20-26-56-57(51)64-58(46-34-47(60(4,5)6)36-48(35-46)61(7,8)9)65(56)55-32-31-50(66(13,14)15)39-52(55)43-21-17-16-18-22-43;/h16-23,25-34,36-39H,40H2,1-15H3;/q-2;+2/i40D2;. The summed E-state index contributed by atoms with van der Waals surface area (Å²) in [6, 6.07) is 55.0. The molecule has 0 bridgehead atoms. The van der Waals surface area contributed by atoms with Crippen LogP contribution >= 0.6 is 0 Å². The van der Waals surface area contributed by atoms with Crippen LogP contribution in [-0.4, -0.2) is 22.6 Å². The van der Waals surface area contributed by atoms with Gasteiger partial charge in [-0.2, -0.15) is 0 Å². The zero-order valence-corrected chi connectivity index (χ0v) is 45.6. The Bertz CT molecular complexity index is 3120. The van der Waals surface area contributed by atoms with Crippen LogP contribution in [0.25, 0.3) is 72.9 Å². The summed E-state index contributed by atoms with van der Waals surface area (Å²) in [5.74, 6) is 0.844. The normalized spacial score (nSPS) is 13.3. The maximum absolute atomic E-state index is 8.83. The number of pyridine rings is 1. The van der Waals surface area contributed by atoms with Crippen molar-refractivity contribution in [2.45, 2.75) is 125 Å². The molecule has 67 heavy (non-hydrogen) atoms. The molecule has 2 aromatic heterocycles. The van der Waals surface area contributed by atoms with Crippen molar-refractivity contribution >= 4 is 24.3 Å². The minimum absolute atomic E-state index is 0. The van der Waals surface area contributed by atoms with E-state index in [-0.39, 0.29) is 37.3 Å². The van der Waals surface area contributed by atoms with E-state index in [4.69, 9.17) is 12.7 Å². The van der Waals surface area contributed by atoms with Crippen LogP contribution in [0.15, 0.2) is 133 Å². The molecule has 8 aromatic rings. The van der Waals surface area contributed by atoms with E-state index in [1.54, 1.807) is 0 Å². The Kier molecular flexibility index (Phi) is 12.9. The van der Waals surface area contributed by atoms with Crippen molar-refractivity contribution in [3.05, 3.63) is 168 Å². The van der Waals surface area contributed by atoms with Crippen LogP contribution < -0.4 is 5.19 Å². The van der Waals surface area contributed by atoms with Crippen molar-refractivity contribution in [2.24, 2.45) is 5.41 Å². The van der Waals surface area contributed by atoms with E-state index < -0.39 is 19.9 Å². The molecule has 0 N–H and O–H groups in total. The summed E-state index contributed by atoms with van der Waals surface area (Å²) < 4.78 is 20.0. The third-order valence-electron chi connectivity index (χ3n) is 12.4. The van der Waals surface area contributed by atoms with Gasteiger partial charge in [-0.25, -0.2) is 0 Å². The molecule has 0 radical (unpaired) electrons. The molecule has 0 unspecified atom stereocenters. The van der Waals surface area contributed by atoms with Crippen molar-refractivity contribution in [3.8, 4) is 61.8 Å². The first kappa shape index (κ1) is 46.9. The molecule has 0 atom stereocenters. The number of imidazole rings is 1. The third-order valence-corrected chi connectivity index (χ3v) is 14.5. The molecule has 0 amide bonds. The topological polar surface area (TPSA) is 30.7 Å². The molecule has 0 aliphatic carbocycles. The second kappa shape index (κ2) is 18.4. The molecule has 0 saturated carbocycles. The molecule has 346 valence electrons. The van der Waals surface area contributed by atoms with E-state index in [0.29, 0.717) is 5.56 Å². The van der Waals surface area contributed by atoms with Crippen LogP contribution in [0.3, 0.4) is 0 Å². The Morgan fingerprint density at radius 3 is 1.85 bits per heavy atom. The first-order valence-corrected chi connectivity index (χ1v) is 27.1. The molecular formula is C62H69N3PtSi. The van der Waals surface area contributed by atoms with E-state index in [9.17, 15) is 0 Å². The fraction of sp³-hybridized carbons (Fsp3) is 0.323. The first-order chi connectivity index (χ1) is 31.6. The molecular weight excluding hydrogens is 1010 g/mol. The number of para-hydroxylation sites is 1. The van der Waals surface area contributed by atoms with E-state index in [1.165, 1.54) is 21.9 Å². The monoisotopic (exact) mass is 1080 g/mol. The molecule has 0 aliphatic heterocycles. The predicted octanol–water partition coefficient (Wildman–Crippen LogP) is 16.4. The second-order valence-corrected chi connectivity index (χ2v) is 28.4. The quantitative estimate of drug-likeness (QED) is 0.112. The van der Waals surface area contributed by atoms with Crippen LogP contribution in [0.5, 0.6) is 0 Å². The Labute approximate surface area is 420 Å². The molecule has 0 saturated heterocycles. The number of nitrogens with zero attached hydrogens (tertiary/aromatic N) is 3. The number of benzene rings is 6. The van der Waals surface area contributed by atoms with Gasteiger partial charge in [-0.1, -0.05) is 193 Å². The average molecular weight is 1080 g/mol. The van der Waals surface area contributed by atoms with Gasteiger partial charge in [0.2, 0.25) is 0 Å². The summed E-state index contributed by atoms with van der Waals surface area (Å²) in [6.45, 7) is 33.5. The summed E-state index contributed by atoms with van der Waals surface area (Å²) >= 11 is 0. The largest absolute Gasteiger partial charge is 2.00 e. The average Bonchev–Trinajstić information content (AvgIpc) is 3.67. The number of rotatable bonds is 8. The minimum atomic E-state index is -1.70. The van der Waals surface area contributed by atoms with Gasteiger partial charge in [0.1, 0.15) is 0 Å². The van der Waals surface area contributed by atoms with Crippen molar-refractivity contribution < 1.29 is 23.8 Å². The van der Waals surface area contributed by atoms with Crippen LogP contribution in [0, 0.1) is 17.5 Å². The third kappa shape index (κ3) is 10.9. The van der Waals surface area contributed by atoms with E-state index in [1.807, 2.05) is 51.1 Å². The van der Waals surface area contributed by atoms with Crippen molar-refractivity contribution in [2.75, 3.05) is 0 Å².